The van der Waals surface area contributed by atoms with Crippen molar-refractivity contribution in [1.29, 1.82) is 0 Å². The molecule has 1 aliphatic rings. The van der Waals surface area contributed by atoms with Crippen molar-refractivity contribution in [3.63, 3.8) is 0 Å². The molecular weight excluding hydrogens is 404 g/mol. The minimum atomic E-state index is -0.456. The van der Waals surface area contributed by atoms with Gasteiger partial charge in [-0.25, -0.2) is 23.3 Å². The van der Waals surface area contributed by atoms with E-state index in [4.69, 9.17) is 4.98 Å². The number of aliphatic hydroxyl groups is 1. The van der Waals surface area contributed by atoms with Crippen LogP contribution in [0.1, 0.15) is 43.1 Å². The maximum absolute atomic E-state index is 14.4. The Morgan fingerprint density at radius 1 is 1.26 bits per heavy atom. The smallest absolute Gasteiger partial charge is 0.186 e. The van der Waals surface area contributed by atoms with E-state index in [1.54, 1.807) is 16.9 Å². The normalized spacial score (nSPS) is 17.5. The summed E-state index contributed by atoms with van der Waals surface area (Å²) in [6.45, 7) is 2.49. The van der Waals surface area contributed by atoms with Crippen molar-refractivity contribution in [2.75, 3.05) is 18.1 Å². The summed E-state index contributed by atoms with van der Waals surface area (Å²) in [6, 6.07) is 5.08. The van der Waals surface area contributed by atoms with E-state index in [0.717, 1.165) is 12.5 Å². The third-order valence-electron chi connectivity index (χ3n) is 5.70. The molecule has 1 aromatic carbocycles. The summed E-state index contributed by atoms with van der Waals surface area (Å²) in [5.41, 5.74) is 1.54. The molecule has 3 aromatic heterocycles. The van der Waals surface area contributed by atoms with Gasteiger partial charge in [0.2, 0.25) is 0 Å². The van der Waals surface area contributed by atoms with Gasteiger partial charge in [-0.3, -0.25) is 5.10 Å². The van der Waals surface area contributed by atoms with Crippen LogP contribution in [0.2, 0.25) is 0 Å². The first kappa shape index (κ1) is 19.6. The van der Waals surface area contributed by atoms with E-state index in [2.05, 4.69) is 20.3 Å². The monoisotopic (exact) mass is 425 g/mol. The zero-order chi connectivity index (χ0) is 21.5. The first-order valence-corrected chi connectivity index (χ1v) is 10.1. The van der Waals surface area contributed by atoms with Crippen LogP contribution in [0.25, 0.3) is 17.0 Å². The lowest BCUT2D eigenvalue weighted by molar-refractivity contribution is 0.269. The molecule has 0 unspecified atom stereocenters. The van der Waals surface area contributed by atoms with Gasteiger partial charge in [-0.1, -0.05) is 6.92 Å². The summed E-state index contributed by atoms with van der Waals surface area (Å²) < 4.78 is 29.8. The van der Waals surface area contributed by atoms with Crippen LogP contribution in [0, 0.1) is 11.6 Å². The lowest BCUT2D eigenvalue weighted by atomic mass is 10.0. The molecule has 0 spiro atoms. The van der Waals surface area contributed by atoms with Gasteiger partial charge in [0.05, 0.1) is 24.4 Å². The fraction of sp³-hybridized carbons (Fsp3) is 0.333. The number of rotatable bonds is 5. The molecule has 160 valence electrons. The Labute approximate surface area is 176 Å². The molecule has 4 aromatic rings. The van der Waals surface area contributed by atoms with E-state index in [-0.39, 0.29) is 18.6 Å². The number of aromatic nitrogens is 6. The fourth-order valence-corrected chi connectivity index (χ4v) is 4.01. The van der Waals surface area contributed by atoms with Crippen LogP contribution in [0.15, 0.2) is 36.7 Å². The summed E-state index contributed by atoms with van der Waals surface area (Å²) in [5.74, 6) is 0.620. The maximum atomic E-state index is 14.4. The zero-order valence-electron chi connectivity index (χ0n) is 16.8. The number of aromatic amines is 1. The summed E-state index contributed by atoms with van der Waals surface area (Å²) in [7, 11) is 0. The Morgan fingerprint density at radius 3 is 2.97 bits per heavy atom. The molecule has 0 amide bonds. The molecule has 31 heavy (non-hydrogen) atoms. The van der Waals surface area contributed by atoms with Crippen LogP contribution in [0.5, 0.6) is 0 Å². The standard InChI is InChI=1S/C21H21F2N7O/c1-12(11-31)19-26-20(28-27-19)15-10-24-30-8-6-18(25-21(15)30)29-7-2-3-17(29)14-9-13(22)4-5-16(14)23/h4-6,8-10,12,17,31H,2-3,7,11H2,1H3,(H,26,27,28)/t12-,17+/m0/s1. The quantitative estimate of drug-likeness (QED) is 0.510. The van der Waals surface area contributed by atoms with Gasteiger partial charge in [0.1, 0.15) is 23.3 Å². The van der Waals surface area contributed by atoms with Crippen LogP contribution in [-0.2, 0) is 0 Å². The van der Waals surface area contributed by atoms with E-state index >= 15 is 0 Å². The van der Waals surface area contributed by atoms with Gasteiger partial charge in [0.25, 0.3) is 0 Å². The van der Waals surface area contributed by atoms with Crippen molar-refractivity contribution >= 4 is 11.5 Å². The Kier molecular flexibility index (Phi) is 4.85. The number of nitrogens with one attached hydrogen (secondary N) is 1. The van der Waals surface area contributed by atoms with Crippen LogP contribution >= 0.6 is 0 Å². The first-order chi connectivity index (χ1) is 15.0. The molecule has 1 fully saturated rings. The number of benzene rings is 1. The lowest BCUT2D eigenvalue weighted by Crippen LogP contribution is -2.24. The van der Waals surface area contributed by atoms with E-state index in [0.29, 0.717) is 47.2 Å². The first-order valence-electron chi connectivity index (χ1n) is 10.1. The number of hydrogen-bond acceptors (Lipinski definition) is 6. The van der Waals surface area contributed by atoms with Crippen molar-refractivity contribution < 1.29 is 13.9 Å². The Hall–Kier alpha value is -3.40. The van der Waals surface area contributed by atoms with Crippen molar-refractivity contribution in [1.82, 2.24) is 29.8 Å². The number of H-pyrrole nitrogens is 1. The molecule has 5 rings (SSSR count). The number of aliphatic hydroxyl groups excluding tert-OH is 1. The summed E-state index contributed by atoms with van der Waals surface area (Å²) in [4.78, 5) is 11.2. The molecular formula is C21H21F2N7O. The Bertz CT molecular complexity index is 1240. The number of nitrogens with zero attached hydrogens (tertiary/aromatic N) is 6. The Balaban J connectivity index is 1.53. The lowest BCUT2D eigenvalue weighted by Gasteiger charge is -2.26. The molecule has 0 bridgehead atoms. The second-order valence-electron chi connectivity index (χ2n) is 7.76. The predicted molar refractivity (Wildman–Crippen MR) is 110 cm³/mol. The van der Waals surface area contributed by atoms with Crippen LogP contribution in [0.4, 0.5) is 14.6 Å². The highest BCUT2D eigenvalue weighted by Gasteiger charge is 2.30. The van der Waals surface area contributed by atoms with Gasteiger partial charge < -0.3 is 10.0 Å². The molecule has 1 aliphatic heterocycles. The minimum Gasteiger partial charge on any atom is -0.396 e. The molecule has 8 nitrogen and oxygen atoms in total. The third kappa shape index (κ3) is 3.42. The minimum absolute atomic E-state index is 0.0429. The second kappa shape index (κ2) is 7.69. The topological polar surface area (TPSA) is 95.2 Å². The highest BCUT2D eigenvalue weighted by molar-refractivity contribution is 5.73. The maximum Gasteiger partial charge on any atom is 0.186 e. The molecule has 0 saturated carbocycles. The average Bonchev–Trinajstić information content (AvgIpc) is 3.53. The predicted octanol–water partition coefficient (Wildman–Crippen LogP) is 3.23. The van der Waals surface area contributed by atoms with Crippen molar-refractivity contribution in [2.45, 2.75) is 31.7 Å². The highest BCUT2D eigenvalue weighted by Crippen LogP contribution is 2.37. The molecule has 0 aliphatic carbocycles. The van der Waals surface area contributed by atoms with Crippen molar-refractivity contribution in [2.24, 2.45) is 0 Å². The number of halogens is 2. The van der Waals surface area contributed by atoms with Gasteiger partial charge in [0, 0.05) is 24.2 Å². The molecule has 10 heteroatoms. The van der Waals surface area contributed by atoms with Gasteiger partial charge in [-0.15, -0.1) is 0 Å². The van der Waals surface area contributed by atoms with Crippen molar-refractivity contribution in [3.05, 3.63) is 59.7 Å². The van der Waals surface area contributed by atoms with Gasteiger partial charge in [0.15, 0.2) is 11.5 Å². The fourth-order valence-electron chi connectivity index (χ4n) is 4.01. The molecule has 2 N–H and O–H groups in total. The van der Waals surface area contributed by atoms with Crippen LogP contribution < -0.4 is 4.90 Å². The summed E-state index contributed by atoms with van der Waals surface area (Å²) >= 11 is 0. The third-order valence-corrected chi connectivity index (χ3v) is 5.70. The number of fused-ring (bicyclic) bond motifs is 1. The largest absolute Gasteiger partial charge is 0.396 e. The second-order valence-corrected chi connectivity index (χ2v) is 7.76. The zero-order valence-corrected chi connectivity index (χ0v) is 16.8. The van der Waals surface area contributed by atoms with Gasteiger partial charge >= 0.3 is 0 Å². The number of anilines is 1. The van der Waals surface area contributed by atoms with E-state index in [9.17, 15) is 13.9 Å². The molecule has 0 radical (unpaired) electrons. The molecule has 1 saturated heterocycles. The van der Waals surface area contributed by atoms with Gasteiger partial charge in [-0.2, -0.15) is 10.2 Å². The highest BCUT2D eigenvalue weighted by atomic mass is 19.1. The van der Waals surface area contributed by atoms with E-state index < -0.39 is 11.6 Å². The van der Waals surface area contributed by atoms with Crippen LogP contribution in [0.3, 0.4) is 0 Å². The number of hydrogen-bond donors (Lipinski definition) is 2. The average molecular weight is 425 g/mol. The van der Waals surface area contributed by atoms with E-state index in [1.807, 2.05) is 17.9 Å². The van der Waals surface area contributed by atoms with Gasteiger partial charge in [-0.05, 0) is 37.1 Å². The van der Waals surface area contributed by atoms with Crippen LogP contribution in [-0.4, -0.2) is 48.0 Å². The van der Waals surface area contributed by atoms with Crippen molar-refractivity contribution in [3.8, 4) is 11.4 Å². The molecule has 4 heterocycles. The SMILES string of the molecule is C[C@@H](CO)c1nc(-c2cnn3ccc(N4CCC[C@@H]4c4cc(F)ccc4F)nc23)n[nH]1. The van der Waals surface area contributed by atoms with E-state index in [1.165, 1.54) is 12.1 Å². The Morgan fingerprint density at radius 2 is 2.13 bits per heavy atom. The summed E-state index contributed by atoms with van der Waals surface area (Å²) in [6.07, 6.45) is 4.98. The summed E-state index contributed by atoms with van der Waals surface area (Å²) in [5, 5.41) is 20.8. The molecule has 2 atom stereocenters.